The highest BCUT2D eigenvalue weighted by atomic mass is 32.1. The first-order valence-electron chi connectivity index (χ1n) is 6.27. The molecule has 0 aliphatic rings. The maximum Gasteiger partial charge on any atom is 0.354 e. The molecule has 6 nitrogen and oxygen atoms in total. The van der Waals surface area contributed by atoms with Crippen LogP contribution in [0.1, 0.15) is 20.9 Å². The van der Waals surface area contributed by atoms with Gasteiger partial charge in [0.2, 0.25) is 0 Å². The van der Waals surface area contributed by atoms with E-state index in [0.29, 0.717) is 6.54 Å². The summed E-state index contributed by atoms with van der Waals surface area (Å²) < 4.78 is 0. The summed E-state index contributed by atoms with van der Waals surface area (Å²) in [5.41, 5.74) is 0.926. The number of thiophene rings is 1. The summed E-state index contributed by atoms with van der Waals surface area (Å²) in [6.45, 7) is 2.55. The minimum absolute atomic E-state index is 0.0386. The maximum atomic E-state index is 10.7. The molecular formula is C14H12N4O2S. The van der Waals surface area contributed by atoms with Crippen molar-refractivity contribution >= 4 is 33.3 Å². The largest absolute Gasteiger partial charge is 0.477 e. The summed E-state index contributed by atoms with van der Waals surface area (Å²) in [4.78, 5) is 25.3. The Morgan fingerprint density at radius 1 is 1.33 bits per heavy atom. The van der Waals surface area contributed by atoms with Gasteiger partial charge in [-0.3, -0.25) is 0 Å². The second-order valence-corrected chi connectivity index (χ2v) is 5.74. The van der Waals surface area contributed by atoms with E-state index in [1.807, 2.05) is 13.0 Å². The highest BCUT2D eigenvalue weighted by Crippen LogP contribution is 2.27. The molecule has 7 heteroatoms. The topological polar surface area (TPSA) is 88.0 Å². The lowest BCUT2D eigenvalue weighted by molar-refractivity contribution is 0.0690. The minimum atomic E-state index is -1.03. The number of anilines is 1. The molecule has 0 aliphatic carbocycles. The van der Waals surface area contributed by atoms with E-state index in [1.165, 1.54) is 17.3 Å². The van der Waals surface area contributed by atoms with E-state index in [9.17, 15) is 4.79 Å². The third-order valence-corrected chi connectivity index (χ3v) is 3.91. The fourth-order valence-electron chi connectivity index (χ4n) is 1.96. The van der Waals surface area contributed by atoms with Gasteiger partial charge in [0.15, 0.2) is 0 Å². The van der Waals surface area contributed by atoms with Crippen LogP contribution >= 0.6 is 11.3 Å². The monoisotopic (exact) mass is 300 g/mol. The van der Waals surface area contributed by atoms with Crippen LogP contribution in [-0.2, 0) is 6.54 Å². The third kappa shape index (κ3) is 2.82. The van der Waals surface area contributed by atoms with Crippen LogP contribution in [0.3, 0.4) is 0 Å². The van der Waals surface area contributed by atoms with Crippen LogP contribution in [0, 0.1) is 6.92 Å². The van der Waals surface area contributed by atoms with E-state index in [4.69, 9.17) is 5.11 Å². The summed E-state index contributed by atoms with van der Waals surface area (Å²) in [5.74, 6) is -0.257. The standard InChI is InChI=1S/C14H12N4O2S/c1-8-4-10-12(17-7-18-13(10)21-8)16-6-9-2-3-11(14(19)20)15-5-9/h2-5,7H,6H2,1H3,(H,19,20)(H,16,17,18). The summed E-state index contributed by atoms with van der Waals surface area (Å²) in [6.07, 6.45) is 3.08. The van der Waals surface area contributed by atoms with Crippen LogP contribution in [0.5, 0.6) is 0 Å². The molecule has 0 radical (unpaired) electrons. The van der Waals surface area contributed by atoms with Gasteiger partial charge in [0.25, 0.3) is 0 Å². The number of nitrogens with one attached hydrogen (secondary N) is 1. The molecule has 0 unspecified atom stereocenters. The Morgan fingerprint density at radius 3 is 2.90 bits per heavy atom. The zero-order chi connectivity index (χ0) is 14.8. The molecule has 0 saturated heterocycles. The fraction of sp³-hybridized carbons (Fsp3) is 0.143. The van der Waals surface area contributed by atoms with Gasteiger partial charge in [0.1, 0.15) is 22.7 Å². The molecule has 106 valence electrons. The van der Waals surface area contributed by atoms with Gasteiger partial charge in [-0.15, -0.1) is 11.3 Å². The van der Waals surface area contributed by atoms with Crippen molar-refractivity contribution in [2.75, 3.05) is 5.32 Å². The fourth-order valence-corrected chi connectivity index (χ4v) is 2.81. The van der Waals surface area contributed by atoms with Gasteiger partial charge < -0.3 is 10.4 Å². The molecule has 0 bridgehead atoms. The zero-order valence-electron chi connectivity index (χ0n) is 11.2. The number of rotatable bonds is 4. The number of carboxylic acids is 1. The van der Waals surface area contributed by atoms with Gasteiger partial charge in [-0.1, -0.05) is 6.07 Å². The Kier molecular flexibility index (Phi) is 3.49. The number of carboxylic acid groups (broad SMARTS) is 1. The first-order chi connectivity index (χ1) is 10.1. The first-order valence-corrected chi connectivity index (χ1v) is 7.08. The summed E-state index contributed by atoms with van der Waals surface area (Å²) in [6, 6.07) is 5.28. The van der Waals surface area contributed by atoms with Crippen LogP contribution in [-0.4, -0.2) is 26.0 Å². The van der Waals surface area contributed by atoms with Crippen LogP contribution in [0.25, 0.3) is 10.2 Å². The Morgan fingerprint density at radius 2 is 2.19 bits per heavy atom. The Bertz CT molecular complexity index is 798. The molecule has 3 heterocycles. The number of fused-ring (bicyclic) bond motifs is 1. The van der Waals surface area contributed by atoms with Crippen LogP contribution in [0.2, 0.25) is 0 Å². The molecule has 0 amide bonds. The number of carbonyl (C=O) groups is 1. The van der Waals surface area contributed by atoms with Gasteiger partial charge in [0.05, 0.1) is 5.39 Å². The average Bonchev–Trinajstić information content (AvgIpc) is 2.86. The van der Waals surface area contributed by atoms with Crippen molar-refractivity contribution in [3.8, 4) is 0 Å². The second-order valence-electron chi connectivity index (χ2n) is 4.51. The van der Waals surface area contributed by atoms with E-state index < -0.39 is 5.97 Å². The van der Waals surface area contributed by atoms with Crippen molar-refractivity contribution in [3.05, 3.63) is 46.9 Å². The molecule has 3 aromatic rings. The Balaban J connectivity index is 1.78. The van der Waals surface area contributed by atoms with Crippen LogP contribution < -0.4 is 5.32 Å². The van der Waals surface area contributed by atoms with Gasteiger partial charge in [-0.2, -0.15) is 0 Å². The number of nitrogens with zero attached hydrogens (tertiary/aromatic N) is 3. The normalized spacial score (nSPS) is 10.7. The molecule has 0 fully saturated rings. The predicted octanol–water partition coefficient (Wildman–Crippen LogP) is 2.71. The molecule has 2 N–H and O–H groups in total. The smallest absolute Gasteiger partial charge is 0.354 e. The molecule has 0 saturated carbocycles. The van der Waals surface area contributed by atoms with Crippen molar-refractivity contribution in [1.82, 2.24) is 15.0 Å². The number of aromatic nitrogens is 3. The highest BCUT2D eigenvalue weighted by Gasteiger charge is 2.07. The number of hydrogen-bond donors (Lipinski definition) is 2. The average molecular weight is 300 g/mol. The Hall–Kier alpha value is -2.54. The van der Waals surface area contributed by atoms with E-state index >= 15 is 0 Å². The highest BCUT2D eigenvalue weighted by molar-refractivity contribution is 7.18. The SMILES string of the molecule is Cc1cc2c(NCc3ccc(C(=O)O)nc3)ncnc2s1. The lowest BCUT2D eigenvalue weighted by Crippen LogP contribution is -2.04. The molecule has 0 spiro atoms. The molecular weight excluding hydrogens is 288 g/mol. The van der Waals surface area contributed by atoms with Gasteiger partial charge in [-0.25, -0.2) is 19.7 Å². The van der Waals surface area contributed by atoms with Crippen molar-refractivity contribution in [2.45, 2.75) is 13.5 Å². The molecule has 0 aliphatic heterocycles. The second kappa shape index (κ2) is 5.45. The van der Waals surface area contributed by atoms with Crippen molar-refractivity contribution in [3.63, 3.8) is 0 Å². The van der Waals surface area contributed by atoms with E-state index in [0.717, 1.165) is 21.6 Å². The summed E-state index contributed by atoms with van der Waals surface area (Å²) in [5, 5.41) is 13.0. The first kappa shape index (κ1) is 13.4. The minimum Gasteiger partial charge on any atom is -0.477 e. The van der Waals surface area contributed by atoms with E-state index in [-0.39, 0.29) is 5.69 Å². The lowest BCUT2D eigenvalue weighted by Gasteiger charge is -2.06. The number of aromatic carboxylic acids is 1. The van der Waals surface area contributed by atoms with E-state index in [1.54, 1.807) is 23.6 Å². The zero-order valence-corrected chi connectivity index (χ0v) is 12.0. The molecule has 0 atom stereocenters. The lowest BCUT2D eigenvalue weighted by atomic mass is 10.2. The van der Waals surface area contributed by atoms with Crippen molar-refractivity contribution in [2.24, 2.45) is 0 Å². The van der Waals surface area contributed by atoms with Crippen LogP contribution in [0.15, 0.2) is 30.7 Å². The van der Waals surface area contributed by atoms with Crippen molar-refractivity contribution in [1.29, 1.82) is 0 Å². The number of aryl methyl sites for hydroxylation is 1. The predicted molar refractivity (Wildman–Crippen MR) is 80.7 cm³/mol. The third-order valence-electron chi connectivity index (χ3n) is 2.96. The molecule has 21 heavy (non-hydrogen) atoms. The molecule has 3 aromatic heterocycles. The van der Waals surface area contributed by atoms with E-state index in [2.05, 4.69) is 20.3 Å². The van der Waals surface area contributed by atoms with Crippen LogP contribution in [0.4, 0.5) is 5.82 Å². The number of pyridine rings is 1. The summed E-state index contributed by atoms with van der Waals surface area (Å²) >= 11 is 1.62. The Labute approximate surface area is 124 Å². The number of hydrogen-bond acceptors (Lipinski definition) is 6. The summed E-state index contributed by atoms with van der Waals surface area (Å²) in [7, 11) is 0. The van der Waals surface area contributed by atoms with Gasteiger partial charge >= 0.3 is 5.97 Å². The maximum absolute atomic E-state index is 10.7. The van der Waals surface area contributed by atoms with Crippen molar-refractivity contribution < 1.29 is 9.90 Å². The molecule has 3 rings (SSSR count). The quantitative estimate of drug-likeness (QED) is 0.770. The molecule has 0 aromatic carbocycles. The van der Waals surface area contributed by atoms with Gasteiger partial charge in [0, 0.05) is 17.6 Å². The van der Waals surface area contributed by atoms with Gasteiger partial charge in [-0.05, 0) is 24.6 Å².